The predicted octanol–water partition coefficient (Wildman–Crippen LogP) is 2.50. The van der Waals surface area contributed by atoms with E-state index in [0.717, 1.165) is 0 Å². The maximum Gasteiger partial charge on any atom is 0.410 e. The van der Waals surface area contributed by atoms with E-state index >= 15 is 0 Å². The Balaban J connectivity index is 3.83. The lowest BCUT2D eigenvalue weighted by Gasteiger charge is -2.17. The van der Waals surface area contributed by atoms with Crippen LogP contribution >= 0.6 is 0 Å². The van der Waals surface area contributed by atoms with Gasteiger partial charge < -0.3 is 19.3 Å². The highest BCUT2D eigenvalue weighted by Crippen LogP contribution is 1.95. The lowest BCUT2D eigenvalue weighted by molar-refractivity contribution is 0.113. The molecule has 2 amide bonds. The van der Waals surface area contributed by atoms with E-state index in [4.69, 9.17) is 9.47 Å². The number of hydrogen-bond acceptors (Lipinski definition) is 4. The summed E-state index contributed by atoms with van der Waals surface area (Å²) < 4.78 is 10.1. The molecule has 6 heteroatoms. The number of carbonyl (C=O) groups is 2. The maximum absolute atomic E-state index is 11.5. The Kier molecular flexibility index (Phi) is 10.2. The third-order valence-corrected chi connectivity index (χ3v) is 2.82. The van der Waals surface area contributed by atoms with E-state index in [1.165, 1.54) is 0 Å². The van der Waals surface area contributed by atoms with Gasteiger partial charge in [-0.3, -0.25) is 0 Å². The Morgan fingerprint density at radius 3 is 1.30 bits per heavy atom. The van der Waals surface area contributed by atoms with Crippen molar-refractivity contribution >= 4 is 12.2 Å². The van der Waals surface area contributed by atoms with E-state index in [1.54, 1.807) is 22.0 Å². The minimum absolute atomic E-state index is 0.179. The average Bonchev–Trinajstić information content (AvgIpc) is 2.45. The van der Waals surface area contributed by atoms with Gasteiger partial charge in [-0.2, -0.15) is 0 Å². The van der Waals surface area contributed by atoms with Gasteiger partial charge >= 0.3 is 12.2 Å². The van der Waals surface area contributed by atoms with Gasteiger partial charge in [0.15, 0.2) is 0 Å². The minimum atomic E-state index is -0.334. The van der Waals surface area contributed by atoms with Gasteiger partial charge in [-0.25, -0.2) is 9.59 Å². The first kappa shape index (κ1) is 18.3. The fraction of sp³-hybridized carbons (Fsp3) is 0.714. The Bertz CT molecular complexity index is 280. The Hall–Kier alpha value is -1.72. The average molecular weight is 286 g/mol. The van der Waals surface area contributed by atoms with Crippen LogP contribution in [0.25, 0.3) is 0 Å². The molecular weight excluding hydrogens is 260 g/mol. The largest absolute Gasteiger partial charge is 0.445 e. The molecule has 0 radical (unpaired) electrons. The van der Waals surface area contributed by atoms with Crippen molar-refractivity contribution < 1.29 is 19.1 Å². The molecule has 0 bridgehead atoms. The summed E-state index contributed by atoms with van der Waals surface area (Å²) in [6.07, 6.45) is 2.66. The molecule has 0 aromatic carbocycles. The Labute approximate surface area is 121 Å². The lowest BCUT2D eigenvalue weighted by Crippen LogP contribution is -2.31. The zero-order valence-electron chi connectivity index (χ0n) is 12.9. The van der Waals surface area contributed by atoms with E-state index in [1.807, 2.05) is 27.7 Å². The molecule has 0 atom stereocenters. The van der Waals surface area contributed by atoms with Gasteiger partial charge in [-0.15, -0.1) is 0 Å². The first-order valence-corrected chi connectivity index (χ1v) is 7.08. The van der Waals surface area contributed by atoms with Gasteiger partial charge in [0.2, 0.25) is 0 Å². The summed E-state index contributed by atoms with van der Waals surface area (Å²) in [6, 6.07) is 0. The second kappa shape index (κ2) is 11.1. The van der Waals surface area contributed by atoms with E-state index in [2.05, 4.69) is 0 Å². The van der Waals surface area contributed by atoms with Gasteiger partial charge in [0.05, 0.1) is 0 Å². The summed E-state index contributed by atoms with van der Waals surface area (Å²) in [6.45, 7) is 10.4. The second-order valence-electron chi connectivity index (χ2n) is 3.97. The van der Waals surface area contributed by atoms with Crippen molar-refractivity contribution in [1.82, 2.24) is 9.80 Å². The van der Waals surface area contributed by atoms with Crippen LogP contribution in [0.5, 0.6) is 0 Å². The Morgan fingerprint density at radius 2 is 1.05 bits per heavy atom. The quantitative estimate of drug-likeness (QED) is 0.643. The normalized spacial score (nSPS) is 10.4. The smallest absolute Gasteiger partial charge is 0.410 e. The van der Waals surface area contributed by atoms with E-state index < -0.39 is 0 Å². The summed E-state index contributed by atoms with van der Waals surface area (Å²) in [5.74, 6) is 0. The van der Waals surface area contributed by atoms with Crippen molar-refractivity contribution in [2.75, 3.05) is 39.4 Å². The molecule has 116 valence electrons. The summed E-state index contributed by atoms with van der Waals surface area (Å²) in [7, 11) is 0. The maximum atomic E-state index is 11.5. The number of rotatable bonds is 8. The van der Waals surface area contributed by atoms with Crippen LogP contribution in [0.3, 0.4) is 0 Å². The summed E-state index contributed by atoms with van der Waals surface area (Å²) >= 11 is 0. The van der Waals surface area contributed by atoms with Crippen molar-refractivity contribution in [2.45, 2.75) is 27.7 Å². The predicted molar refractivity (Wildman–Crippen MR) is 77.7 cm³/mol. The highest BCUT2D eigenvalue weighted by molar-refractivity contribution is 5.68. The van der Waals surface area contributed by atoms with Crippen molar-refractivity contribution in [2.24, 2.45) is 0 Å². The third kappa shape index (κ3) is 7.01. The molecule has 0 aromatic heterocycles. The summed E-state index contributed by atoms with van der Waals surface area (Å²) in [4.78, 5) is 26.2. The molecular formula is C14H26N2O4. The van der Waals surface area contributed by atoms with E-state index in [0.29, 0.717) is 26.2 Å². The van der Waals surface area contributed by atoms with Crippen LogP contribution in [-0.4, -0.2) is 61.4 Å². The van der Waals surface area contributed by atoms with Crippen LogP contribution in [0.4, 0.5) is 9.59 Å². The van der Waals surface area contributed by atoms with Crippen molar-refractivity contribution in [3.63, 3.8) is 0 Å². The zero-order valence-corrected chi connectivity index (χ0v) is 12.9. The molecule has 0 spiro atoms. The molecule has 0 N–H and O–H groups in total. The minimum Gasteiger partial charge on any atom is -0.445 e. The number of carbonyl (C=O) groups excluding carboxylic acids is 2. The molecule has 0 aliphatic rings. The number of nitrogens with zero attached hydrogens (tertiary/aromatic N) is 2. The zero-order chi connectivity index (χ0) is 15.4. The van der Waals surface area contributed by atoms with Crippen molar-refractivity contribution in [1.29, 1.82) is 0 Å². The van der Waals surface area contributed by atoms with Gasteiger partial charge in [0.25, 0.3) is 0 Å². The van der Waals surface area contributed by atoms with E-state index in [9.17, 15) is 9.59 Å². The van der Waals surface area contributed by atoms with Crippen LogP contribution in [0.1, 0.15) is 27.7 Å². The van der Waals surface area contributed by atoms with Crippen LogP contribution in [0.15, 0.2) is 12.2 Å². The van der Waals surface area contributed by atoms with Gasteiger partial charge in [-0.1, -0.05) is 0 Å². The van der Waals surface area contributed by atoms with Crippen LogP contribution < -0.4 is 0 Å². The molecule has 0 fully saturated rings. The second-order valence-corrected chi connectivity index (χ2v) is 3.97. The summed E-state index contributed by atoms with van der Waals surface area (Å²) in [5, 5.41) is 0. The third-order valence-electron chi connectivity index (χ3n) is 2.82. The molecule has 0 saturated carbocycles. The molecule has 6 nitrogen and oxygen atoms in total. The standard InChI is InChI=1S/C14H26N2O4/c1-5-15(6-2)13(17)19-11-9-10-12-20-14(18)16(7-3)8-4/h9-10H,5-8,11-12H2,1-4H3/b10-9+. The lowest BCUT2D eigenvalue weighted by atomic mass is 10.5. The first-order valence-electron chi connectivity index (χ1n) is 7.08. The van der Waals surface area contributed by atoms with Crippen LogP contribution in [-0.2, 0) is 9.47 Å². The molecule has 0 aliphatic heterocycles. The highest BCUT2D eigenvalue weighted by Gasteiger charge is 2.10. The van der Waals surface area contributed by atoms with Crippen molar-refractivity contribution in [3.05, 3.63) is 12.2 Å². The van der Waals surface area contributed by atoms with Crippen molar-refractivity contribution in [3.8, 4) is 0 Å². The van der Waals surface area contributed by atoms with Gasteiger partial charge in [-0.05, 0) is 39.8 Å². The Morgan fingerprint density at radius 1 is 0.750 bits per heavy atom. The SMILES string of the molecule is CCN(CC)C(=O)OC/C=C/COC(=O)N(CC)CC. The number of hydrogen-bond donors (Lipinski definition) is 0. The van der Waals surface area contributed by atoms with Gasteiger partial charge in [0, 0.05) is 26.2 Å². The van der Waals surface area contributed by atoms with Crippen LogP contribution in [0, 0.1) is 0 Å². The fourth-order valence-electron chi connectivity index (χ4n) is 1.52. The van der Waals surface area contributed by atoms with Crippen LogP contribution in [0.2, 0.25) is 0 Å². The molecule has 0 unspecified atom stereocenters. The monoisotopic (exact) mass is 286 g/mol. The van der Waals surface area contributed by atoms with E-state index in [-0.39, 0.29) is 25.4 Å². The fourth-order valence-corrected chi connectivity index (χ4v) is 1.52. The molecule has 20 heavy (non-hydrogen) atoms. The highest BCUT2D eigenvalue weighted by atomic mass is 16.6. The first-order chi connectivity index (χ1) is 9.60. The molecule has 0 aliphatic carbocycles. The summed E-state index contributed by atoms with van der Waals surface area (Å²) in [5.41, 5.74) is 0. The van der Waals surface area contributed by atoms with Gasteiger partial charge in [0.1, 0.15) is 13.2 Å². The molecule has 0 heterocycles. The molecule has 0 rings (SSSR count). The number of amides is 2. The molecule has 0 saturated heterocycles. The number of ether oxygens (including phenoxy) is 2. The topological polar surface area (TPSA) is 59.1 Å². The molecule has 0 aromatic rings.